The molecule has 0 radical (unpaired) electrons. The number of nitrogens with zero attached hydrogens (tertiary/aromatic N) is 1. The molecule has 3 heteroatoms. The van der Waals surface area contributed by atoms with Crippen LogP contribution in [0.2, 0.25) is 0 Å². The summed E-state index contributed by atoms with van der Waals surface area (Å²) in [6.07, 6.45) is 1.94. The third kappa shape index (κ3) is 1.71. The molecule has 1 aromatic heterocycles. The van der Waals surface area contributed by atoms with Crippen LogP contribution < -0.4 is 0 Å². The molecular formula is C14H17NO2. The second-order valence-corrected chi connectivity index (χ2v) is 4.97. The molecule has 0 bridgehead atoms. The van der Waals surface area contributed by atoms with Crippen molar-refractivity contribution in [2.24, 2.45) is 0 Å². The molecule has 0 fully saturated rings. The van der Waals surface area contributed by atoms with Crippen molar-refractivity contribution in [2.45, 2.75) is 25.8 Å². The van der Waals surface area contributed by atoms with Gasteiger partial charge in [0.15, 0.2) is 0 Å². The van der Waals surface area contributed by atoms with Crippen LogP contribution in [0.1, 0.15) is 18.2 Å². The van der Waals surface area contributed by atoms with Gasteiger partial charge in [-0.3, -0.25) is 0 Å². The summed E-state index contributed by atoms with van der Waals surface area (Å²) in [7, 11) is 2.15. The van der Waals surface area contributed by atoms with Gasteiger partial charge in [-0.1, -0.05) is 0 Å². The first kappa shape index (κ1) is 10.7. The molecule has 17 heavy (non-hydrogen) atoms. The summed E-state index contributed by atoms with van der Waals surface area (Å²) in [6, 6.07) is 5.86. The fourth-order valence-corrected chi connectivity index (χ4v) is 2.56. The van der Waals surface area contributed by atoms with E-state index < -0.39 is 0 Å². The summed E-state index contributed by atoms with van der Waals surface area (Å²) in [6.45, 7) is 3.26. The normalized spacial score (nSPS) is 21.4. The van der Waals surface area contributed by atoms with Gasteiger partial charge in [-0.15, -0.1) is 0 Å². The van der Waals surface area contributed by atoms with Crippen molar-refractivity contribution in [3.8, 4) is 5.75 Å². The molecule has 1 N–H and O–H groups in total. The van der Waals surface area contributed by atoms with E-state index in [0.717, 1.165) is 36.1 Å². The van der Waals surface area contributed by atoms with Crippen molar-refractivity contribution >= 4 is 11.0 Å². The summed E-state index contributed by atoms with van der Waals surface area (Å²) < 4.78 is 5.88. The molecule has 0 saturated carbocycles. The van der Waals surface area contributed by atoms with E-state index in [9.17, 15) is 5.11 Å². The van der Waals surface area contributed by atoms with E-state index in [1.54, 1.807) is 6.07 Å². The Hall–Kier alpha value is -1.48. The number of likely N-dealkylation sites (N-methyl/N-ethyl adjacent to an activating group) is 1. The topological polar surface area (TPSA) is 36.6 Å². The van der Waals surface area contributed by atoms with Gasteiger partial charge in [-0.25, -0.2) is 0 Å². The average molecular weight is 231 g/mol. The molecule has 1 aliphatic rings. The maximum absolute atomic E-state index is 9.59. The lowest BCUT2D eigenvalue weighted by Gasteiger charge is -2.21. The Morgan fingerprint density at radius 3 is 3.06 bits per heavy atom. The van der Waals surface area contributed by atoms with Crippen LogP contribution in [0, 0.1) is 0 Å². The van der Waals surface area contributed by atoms with Gasteiger partial charge in [0.25, 0.3) is 0 Å². The maximum Gasteiger partial charge on any atom is 0.134 e. The second-order valence-electron chi connectivity index (χ2n) is 4.97. The molecule has 1 unspecified atom stereocenters. The summed E-state index contributed by atoms with van der Waals surface area (Å²) in [5.74, 6) is 1.40. The summed E-state index contributed by atoms with van der Waals surface area (Å²) in [5.41, 5.74) is 2.16. The lowest BCUT2D eigenvalue weighted by molar-refractivity contribution is 0.265. The lowest BCUT2D eigenvalue weighted by atomic mass is 10.0. The van der Waals surface area contributed by atoms with Crippen LogP contribution in [0.4, 0.5) is 0 Å². The molecule has 3 nitrogen and oxygen atoms in total. The largest absolute Gasteiger partial charge is 0.508 e. The van der Waals surface area contributed by atoms with Crippen LogP contribution in [0.3, 0.4) is 0 Å². The maximum atomic E-state index is 9.59. The molecule has 2 heterocycles. The van der Waals surface area contributed by atoms with E-state index in [0.29, 0.717) is 11.8 Å². The third-order valence-electron chi connectivity index (χ3n) is 3.80. The Bertz CT molecular complexity index is 559. The van der Waals surface area contributed by atoms with E-state index in [2.05, 4.69) is 18.9 Å². The van der Waals surface area contributed by atoms with Crippen molar-refractivity contribution in [2.75, 3.05) is 13.6 Å². The van der Waals surface area contributed by atoms with E-state index in [-0.39, 0.29) is 0 Å². The van der Waals surface area contributed by atoms with Crippen molar-refractivity contribution < 1.29 is 9.52 Å². The van der Waals surface area contributed by atoms with Gasteiger partial charge in [0.05, 0.1) is 0 Å². The second kappa shape index (κ2) is 3.77. The molecular weight excluding hydrogens is 214 g/mol. The Kier molecular flexibility index (Phi) is 2.37. The first-order chi connectivity index (χ1) is 8.15. The fraction of sp³-hybridized carbons (Fsp3) is 0.429. The number of rotatable bonds is 0. The number of hydrogen-bond acceptors (Lipinski definition) is 3. The third-order valence-corrected chi connectivity index (χ3v) is 3.80. The highest BCUT2D eigenvalue weighted by atomic mass is 16.3. The number of hydrogen-bond donors (Lipinski definition) is 1. The molecule has 2 aromatic rings. The van der Waals surface area contributed by atoms with E-state index >= 15 is 0 Å². The average Bonchev–Trinajstić information content (AvgIpc) is 2.57. The van der Waals surface area contributed by atoms with Crippen LogP contribution >= 0.6 is 0 Å². The zero-order valence-corrected chi connectivity index (χ0v) is 10.2. The Morgan fingerprint density at radius 1 is 1.41 bits per heavy atom. The first-order valence-electron chi connectivity index (χ1n) is 6.08. The minimum absolute atomic E-state index is 0.311. The highest BCUT2D eigenvalue weighted by Crippen LogP contribution is 2.32. The number of phenols is 1. The fourth-order valence-electron chi connectivity index (χ4n) is 2.56. The molecule has 0 amide bonds. The Labute approximate surface area is 101 Å². The van der Waals surface area contributed by atoms with E-state index in [1.165, 1.54) is 5.56 Å². The molecule has 0 aliphatic carbocycles. The highest BCUT2D eigenvalue weighted by molar-refractivity contribution is 5.83. The summed E-state index contributed by atoms with van der Waals surface area (Å²) >= 11 is 0. The monoisotopic (exact) mass is 231 g/mol. The van der Waals surface area contributed by atoms with Crippen LogP contribution in [-0.4, -0.2) is 29.6 Å². The van der Waals surface area contributed by atoms with Crippen LogP contribution in [0.25, 0.3) is 11.0 Å². The Morgan fingerprint density at radius 2 is 2.24 bits per heavy atom. The first-order valence-corrected chi connectivity index (χ1v) is 6.08. The molecule has 3 rings (SSSR count). The molecule has 0 spiro atoms. The molecule has 90 valence electrons. The van der Waals surface area contributed by atoms with Gasteiger partial charge in [-0.2, -0.15) is 0 Å². The number of aromatic hydroxyl groups is 1. The standard InChI is InChI=1S/C14H17NO2/c1-9-7-11-12-8-10(16)3-4-13(12)17-14(11)5-6-15(9)2/h3-4,8-9,16H,5-7H2,1-2H3. The van der Waals surface area contributed by atoms with E-state index in [1.807, 2.05) is 12.1 Å². The SMILES string of the molecule is CC1Cc2c(oc3ccc(O)cc23)CCN1C. The van der Waals surface area contributed by atoms with Crippen molar-refractivity contribution in [1.29, 1.82) is 0 Å². The van der Waals surface area contributed by atoms with Crippen molar-refractivity contribution in [3.05, 3.63) is 29.5 Å². The number of phenolic OH excluding ortho intramolecular Hbond substituents is 1. The quantitative estimate of drug-likeness (QED) is 0.757. The zero-order chi connectivity index (χ0) is 12.0. The summed E-state index contributed by atoms with van der Waals surface area (Å²) in [4.78, 5) is 2.35. The molecule has 1 atom stereocenters. The van der Waals surface area contributed by atoms with Gasteiger partial charge < -0.3 is 14.4 Å². The molecule has 1 aromatic carbocycles. The van der Waals surface area contributed by atoms with Gasteiger partial charge in [0.2, 0.25) is 0 Å². The van der Waals surface area contributed by atoms with E-state index in [4.69, 9.17) is 4.42 Å². The zero-order valence-electron chi connectivity index (χ0n) is 10.2. The Balaban J connectivity index is 2.16. The minimum Gasteiger partial charge on any atom is -0.508 e. The minimum atomic E-state index is 0.311. The van der Waals surface area contributed by atoms with Gasteiger partial charge in [0.1, 0.15) is 17.1 Å². The number of benzene rings is 1. The molecule has 0 saturated heterocycles. The van der Waals surface area contributed by atoms with Crippen LogP contribution in [0.5, 0.6) is 5.75 Å². The van der Waals surface area contributed by atoms with Crippen LogP contribution in [0.15, 0.2) is 22.6 Å². The summed E-state index contributed by atoms with van der Waals surface area (Å²) in [5, 5.41) is 10.7. The highest BCUT2D eigenvalue weighted by Gasteiger charge is 2.22. The van der Waals surface area contributed by atoms with Crippen molar-refractivity contribution in [1.82, 2.24) is 4.90 Å². The van der Waals surface area contributed by atoms with Gasteiger partial charge in [0, 0.05) is 30.0 Å². The van der Waals surface area contributed by atoms with Gasteiger partial charge in [-0.05, 0) is 38.6 Å². The molecule has 1 aliphatic heterocycles. The van der Waals surface area contributed by atoms with Gasteiger partial charge >= 0.3 is 0 Å². The number of fused-ring (bicyclic) bond motifs is 3. The van der Waals surface area contributed by atoms with Crippen LogP contribution in [-0.2, 0) is 12.8 Å². The number of furan rings is 1. The predicted molar refractivity (Wildman–Crippen MR) is 67.4 cm³/mol. The van der Waals surface area contributed by atoms with Crippen molar-refractivity contribution in [3.63, 3.8) is 0 Å². The lowest BCUT2D eigenvalue weighted by Crippen LogP contribution is -2.30. The predicted octanol–water partition coefficient (Wildman–Crippen LogP) is 2.56. The smallest absolute Gasteiger partial charge is 0.134 e.